The van der Waals surface area contributed by atoms with Gasteiger partial charge in [-0.05, 0) is 47.0 Å². The summed E-state index contributed by atoms with van der Waals surface area (Å²) in [4.78, 5) is 15.3. The molecule has 1 aromatic rings. The summed E-state index contributed by atoms with van der Waals surface area (Å²) in [5.41, 5.74) is 0.0503. The van der Waals surface area contributed by atoms with Crippen LogP contribution in [-0.4, -0.2) is 44.3 Å². The van der Waals surface area contributed by atoms with Crippen molar-refractivity contribution in [1.82, 2.24) is 15.0 Å². The zero-order valence-corrected chi connectivity index (χ0v) is 12.8. The third-order valence-corrected chi connectivity index (χ3v) is 3.94. The van der Waals surface area contributed by atoms with Crippen LogP contribution in [0.1, 0.15) is 47.0 Å². The summed E-state index contributed by atoms with van der Waals surface area (Å²) in [5.74, 6) is 1.22. The standard InChI is InChI=1S/C14H25N5O/c1-13(2)6-5-7-14(3,4)19(13)12-17-10-16-11(18-12)15-8-9-20/h10,20H,5-9H2,1-4H3,(H,15,16,17,18). The Hall–Kier alpha value is -1.43. The number of nitrogens with one attached hydrogen (secondary N) is 1. The smallest absolute Gasteiger partial charge is 0.231 e. The van der Waals surface area contributed by atoms with Gasteiger partial charge < -0.3 is 15.3 Å². The molecule has 2 rings (SSSR count). The highest BCUT2D eigenvalue weighted by Gasteiger charge is 2.42. The SMILES string of the molecule is CC1(C)CCCC(C)(C)N1c1ncnc(NCCO)n1. The quantitative estimate of drug-likeness (QED) is 0.876. The molecule has 20 heavy (non-hydrogen) atoms. The Labute approximate surface area is 120 Å². The number of hydrogen-bond donors (Lipinski definition) is 2. The molecule has 112 valence electrons. The molecule has 0 saturated carbocycles. The number of aliphatic hydroxyl groups excluding tert-OH is 1. The Morgan fingerprint density at radius 1 is 1.20 bits per heavy atom. The summed E-state index contributed by atoms with van der Waals surface area (Å²) >= 11 is 0. The first-order valence-electron chi connectivity index (χ1n) is 7.21. The van der Waals surface area contributed by atoms with E-state index >= 15 is 0 Å². The Balaban J connectivity index is 2.32. The molecule has 1 fully saturated rings. The molecule has 0 unspecified atom stereocenters. The Bertz CT molecular complexity index is 445. The van der Waals surface area contributed by atoms with Crippen LogP contribution >= 0.6 is 0 Å². The molecule has 6 heteroatoms. The fourth-order valence-electron chi connectivity index (χ4n) is 3.19. The van der Waals surface area contributed by atoms with Crippen molar-refractivity contribution < 1.29 is 5.11 Å². The van der Waals surface area contributed by atoms with E-state index in [1.165, 1.54) is 12.7 Å². The van der Waals surface area contributed by atoms with Crippen molar-refractivity contribution >= 4 is 11.9 Å². The van der Waals surface area contributed by atoms with E-state index < -0.39 is 0 Å². The Morgan fingerprint density at radius 3 is 2.45 bits per heavy atom. The molecule has 1 aliphatic rings. The maximum absolute atomic E-state index is 8.87. The highest BCUT2D eigenvalue weighted by atomic mass is 16.3. The first kappa shape index (κ1) is 15.0. The summed E-state index contributed by atoms with van der Waals surface area (Å²) < 4.78 is 0. The largest absolute Gasteiger partial charge is 0.395 e. The fourth-order valence-corrected chi connectivity index (χ4v) is 3.19. The van der Waals surface area contributed by atoms with Gasteiger partial charge in [-0.25, -0.2) is 9.97 Å². The highest BCUT2D eigenvalue weighted by Crippen LogP contribution is 2.40. The molecule has 1 saturated heterocycles. The van der Waals surface area contributed by atoms with Crippen LogP contribution < -0.4 is 10.2 Å². The maximum Gasteiger partial charge on any atom is 0.231 e. The molecule has 1 aromatic heterocycles. The van der Waals surface area contributed by atoms with Crippen LogP contribution in [0.5, 0.6) is 0 Å². The lowest BCUT2D eigenvalue weighted by Crippen LogP contribution is -2.59. The van der Waals surface area contributed by atoms with Crippen LogP contribution in [0.4, 0.5) is 11.9 Å². The van der Waals surface area contributed by atoms with E-state index in [0.29, 0.717) is 18.4 Å². The summed E-state index contributed by atoms with van der Waals surface area (Å²) in [7, 11) is 0. The van der Waals surface area contributed by atoms with Crippen molar-refractivity contribution in [2.45, 2.75) is 58.0 Å². The van der Waals surface area contributed by atoms with E-state index in [0.717, 1.165) is 12.8 Å². The lowest BCUT2D eigenvalue weighted by atomic mass is 9.80. The van der Waals surface area contributed by atoms with Crippen molar-refractivity contribution in [3.8, 4) is 0 Å². The minimum absolute atomic E-state index is 0.0252. The van der Waals surface area contributed by atoms with Crippen molar-refractivity contribution in [3.05, 3.63) is 6.33 Å². The van der Waals surface area contributed by atoms with Gasteiger partial charge >= 0.3 is 0 Å². The number of piperidine rings is 1. The Kier molecular flexibility index (Phi) is 4.13. The van der Waals surface area contributed by atoms with Crippen LogP contribution in [0.3, 0.4) is 0 Å². The molecule has 1 aliphatic heterocycles. The van der Waals surface area contributed by atoms with Crippen LogP contribution in [-0.2, 0) is 0 Å². The molecule has 0 radical (unpaired) electrons. The van der Waals surface area contributed by atoms with Crippen LogP contribution in [0.2, 0.25) is 0 Å². The second-order valence-electron chi connectivity index (χ2n) is 6.57. The van der Waals surface area contributed by atoms with Crippen molar-refractivity contribution in [1.29, 1.82) is 0 Å². The van der Waals surface area contributed by atoms with Gasteiger partial charge in [0.2, 0.25) is 11.9 Å². The zero-order valence-electron chi connectivity index (χ0n) is 12.8. The third-order valence-electron chi connectivity index (χ3n) is 3.94. The predicted octanol–water partition coefficient (Wildman–Crippen LogP) is 1.82. The van der Waals surface area contributed by atoms with Gasteiger partial charge in [0.1, 0.15) is 6.33 Å². The second-order valence-corrected chi connectivity index (χ2v) is 6.57. The number of aliphatic hydroxyl groups is 1. The van der Waals surface area contributed by atoms with Crippen LogP contribution in [0.25, 0.3) is 0 Å². The van der Waals surface area contributed by atoms with Gasteiger partial charge in [0.05, 0.1) is 6.61 Å². The predicted molar refractivity (Wildman–Crippen MR) is 79.9 cm³/mol. The lowest BCUT2D eigenvalue weighted by Gasteiger charge is -2.52. The van der Waals surface area contributed by atoms with E-state index in [9.17, 15) is 0 Å². The van der Waals surface area contributed by atoms with Crippen molar-refractivity contribution in [3.63, 3.8) is 0 Å². The summed E-state index contributed by atoms with van der Waals surface area (Å²) in [5, 5.41) is 11.9. The molecule has 2 N–H and O–H groups in total. The third kappa shape index (κ3) is 3.00. The molecule has 6 nitrogen and oxygen atoms in total. The molecule has 0 bridgehead atoms. The number of hydrogen-bond acceptors (Lipinski definition) is 6. The molecule has 2 heterocycles. The highest BCUT2D eigenvalue weighted by molar-refractivity contribution is 5.42. The van der Waals surface area contributed by atoms with E-state index in [4.69, 9.17) is 5.11 Å². The molecule has 0 atom stereocenters. The molecular formula is C14H25N5O. The van der Waals surface area contributed by atoms with Gasteiger partial charge in [0, 0.05) is 17.6 Å². The molecular weight excluding hydrogens is 254 g/mol. The fraction of sp³-hybridized carbons (Fsp3) is 0.786. The minimum Gasteiger partial charge on any atom is -0.395 e. The van der Waals surface area contributed by atoms with Gasteiger partial charge in [-0.1, -0.05) is 0 Å². The first-order chi connectivity index (χ1) is 9.37. The summed E-state index contributed by atoms with van der Waals surface area (Å²) in [6.07, 6.45) is 5.00. The molecule has 0 spiro atoms. The van der Waals surface area contributed by atoms with Gasteiger partial charge in [0.25, 0.3) is 0 Å². The Morgan fingerprint density at radius 2 is 1.85 bits per heavy atom. The van der Waals surface area contributed by atoms with Crippen LogP contribution in [0.15, 0.2) is 6.33 Å². The maximum atomic E-state index is 8.87. The summed E-state index contributed by atoms with van der Waals surface area (Å²) in [6.45, 7) is 9.44. The van der Waals surface area contributed by atoms with Crippen LogP contribution in [0, 0.1) is 0 Å². The van der Waals surface area contributed by atoms with Gasteiger partial charge in [-0.3, -0.25) is 0 Å². The van der Waals surface area contributed by atoms with E-state index in [2.05, 4.69) is 52.9 Å². The van der Waals surface area contributed by atoms with Crippen molar-refractivity contribution in [2.24, 2.45) is 0 Å². The minimum atomic E-state index is 0.0252. The topological polar surface area (TPSA) is 74.2 Å². The zero-order chi connectivity index (χ0) is 14.8. The average Bonchev–Trinajstić information content (AvgIpc) is 2.34. The number of nitrogens with zero attached hydrogens (tertiary/aromatic N) is 4. The van der Waals surface area contributed by atoms with Gasteiger partial charge in [0.15, 0.2) is 0 Å². The molecule has 0 aromatic carbocycles. The number of anilines is 2. The van der Waals surface area contributed by atoms with Gasteiger partial charge in [-0.15, -0.1) is 0 Å². The monoisotopic (exact) mass is 279 g/mol. The van der Waals surface area contributed by atoms with E-state index in [1.54, 1.807) is 0 Å². The second kappa shape index (κ2) is 5.52. The first-order valence-corrected chi connectivity index (χ1v) is 7.21. The van der Waals surface area contributed by atoms with E-state index in [-0.39, 0.29) is 17.7 Å². The molecule has 0 amide bonds. The summed E-state index contributed by atoms with van der Waals surface area (Å²) in [6, 6.07) is 0. The average molecular weight is 279 g/mol. The number of aromatic nitrogens is 3. The number of rotatable bonds is 4. The van der Waals surface area contributed by atoms with E-state index in [1.807, 2.05) is 0 Å². The lowest BCUT2D eigenvalue weighted by molar-refractivity contribution is 0.239. The normalized spacial score (nSPS) is 20.8. The van der Waals surface area contributed by atoms with Crippen molar-refractivity contribution in [2.75, 3.05) is 23.4 Å². The van der Waals surface area contributed by atoms with Gasteiger partial charge in [-0.2, -0.15) is 4.98 Å². The molecule has 0 aliphatic carbocycles.